The summed E-state index contributed by atoms with van der Waals surface area (Å²) in [5, 5.41) is 4.29. The van der Waals surface area contributed by atoms with Gasteiger partial charge in [0, 0.05) is 13.2 Å². The number of nitrogens with two attached hydrogens (primary N) is 1. The van der Waals surface area contributed by atoms with Gasteiger partial charge in [0.1, 0.15) is 0 Å². The van der Waals surface area contributed by atoms with Crippen LogP contribution < -0.4 is 5.73 Å². The molecule has 3 nitrogen and oxygen atoms in total. The first-order valence-corrected chi connectivity index (χ1v) is 4.41. The Labute approximate surface area is 73.6 Å². The summed E-state index contributed by atoms with van der Waals surface area (Å²) in [5.74, 6) is 0.604. The van der Waals surface area contributed by atoms with E-state index >= 15 is 0 Å². The Kier molecular flexibility index (Phi) is 3.29. The van der Waals surface area contributed by atoms with E-state index < -0.39 is 0 Å². The molecule has 1 unspecified atom stereocenters. The van der Waals surface area contributed by atoms with Crippen molar-refractivity contribution in [3.05, 3.63) is 18.0 Å². The zero-order valence-electron chi connectivity index (χ0n) is 7.83. The van der Waals surface area contributed by atoms with Gasteiger partial charge in [-0.15, -0.1) is 0 Å². The zero-order valence-corrected chi connectivity index (χ0v) is 7.83. The molecule has 0 saturated carbocycles. The molecular weight excluding hydrogens is 150 g/mol. The van der Waals surface area contributed by atoms with Crippen molar-refractivity contribution in [2.24, 2.45) is 18.7 Å². The van der Waals surface area contributed by atoms with Gasteiger partial charge in [-0.25, -0.2) is 0 Å². The Hall–Kier alpha value is -0.830. The molecule has 2 N–H and O–H groups in total. The van der Waals surface area contributed by atoms with Crippen LogP contribution in [0, 0.1) is 5.92 Å². The van der Waals surface area contributed by atoms with Crippen LogP contribution in [-0.2, 0) is 13.5 Å². The van der Waals surface area contributed by atoms with E-state index in [9.17, 15) is 0 Å². The molecule has 0 aromatic carbocycles. The second-order valence-corrected chi connectivity index (χ2v) is 3.36. The van der Waals surface area contributed by atoms with Crippen molar-refractivity contribution in [3.8, 4) is 0 Å². The number of hydrogen-bond acceptors (Lipinski definition) is 2. The summed E-state index contributed by atoms with van der Waals surface area (Å²) in [6.07, 6.45) is 4.15. The number of nitrogens with zero attached hydrogens (tertiary/aromatic N) is 2. The predicted molar refractivity (Wildman–Crippen MR) is 49.7 cm³/mol. The number of aryl methyl sites for hydroxylation is 2. The Morgan fingerprint density at radius 3 is 2.92 bits per heavy atom. The van der Waals surface area contributed by atoms with E-state index in [0.29, 0.717) is 5.92 Å². The fraction of sp³-hybridized carbons (Fsp3) is 0.667. The van der Waals surface area contributed by atoms with Gasteiger partial charge < -0.3 is 5.73 Å². The first-order chi connectivity index (χ1) is 5.72. The van der Waals surface area contributed by atoms with Crippen molar-refractivity contribution in [1.82, 2.24) is 9.78 Å². The molecule has 12 heavy (non-hydrogen) atoms. The average molecular weight is 167 g/mol. The van der Waals surface area contributed by atoms with E-state index in [2.05, 4.69) is 18.1 Å². The fourth-order valence-electron chi connectivity index (χ4n) is 1.11. The Balaban J connectivity index is 2.33. The molecule has 0 amide bonds. The molecule has 3 heteroatoms. The minimum atomic E-state index is 0.604. The first kappa shape index (κ1) is 9.26. The van der Waals surface area contributed by atoms with Gasteiger partial charge in [-0.1, -0.05) is 6.92 Å². The lowest BCUT2D eigenvalue weighted by Crippen LogP contribution is -2.11. The summed E-state index contributed by atoms with van der Waals surface area (Å²) >= 11 is 0. The second kappa shape index (κ2) is 4.26. The van der Waals surface area contributed by atoms with Crippen LogP contribution in [0.2, 0.25) is 0 Å². The normalized spacial score (nSPS) is 13.2. The topological polar surface area (TPSA) is 43.8 Å². The third kappa shape index (κ3) is 2.66. The standard InChI is InChI=1S/C9H17N3/c1-8(7-10)3-4-9-5-6-12(2)11-9/h5-6,8H,3-4,7,10H2,1-2H3. The zero-order chi connectivity index (χ0) is 8.97. The molecule has 68 valence electrons. The van der Waals surface area contributed by atoms with Crippen molar-refractivity contribution in [1.29, 1.82) is 0 Å². The lowest BCUT2D eigenvalue weighted by atomic mass is 10.1. The summed E-state index contributed by atoms with van der Waals surface area (Å²) < 4.78 is 1.84. The molecule has 0 aliphatic rings. The fourth-order valence-corrected chi connectivity index (χ4v) is 1.11. The maximum Gasteiger partial charge on any atom is 0.0624 e. The molecule has 1 rings (SSSR count). The lowest BCUT2D eigenvalue weighted by molar-refractivity contribution is 0.538. The van der Waals surface area contributed by atoms with E-state index in [1.165, 1.54) is 0 Å². The van der Waals surface area contributed by atoms with Gasteiger partial charge in [-0.2, -0.15) is 5.10 Å². The molecular formula is C9H17N3. The molecule has 1 aromatic rings. The van der Waals surface area contributed by atoms with Crippen molar-refractivity contribution in [2.75, 3.05) is 6.54 Å². The maximum absolute atomic E-state index is 5.52. The van der Waals surface area contributed by atoms with Crippen LogP contribution in [0.5, 0.6) is 0 Å². The first-order valence-electron chi connectivity index (χ1n) is 4.41. The third-order valence-electron chi connectivity index (χ3n) is 2.06. The highest BCUT2D eigenvalue weighted by atomic mass is 15.2. The molecule has 0 spiro atoms. The van der Waals surface area contributed by atoms with Gasteiger partial charge in [0.25, 0.3) is 0 Å². The summed E-state index contributed by atoms with van der Waals surface area (Å²) in [5.41, 5.74) is 6.68. The molecule has 0 saturated heterocycles. The van der Waals surface area contributed by atoms with Crippen LogP contribution >= 0.6 is 0 Å². The van der Waals surface area contributed by atoms with Gasteiger partial charge in [-0.3, -0.25) is 4.68 Å². The van der Waals surface area contributed by atoms with Crippen molar-refractivity contribution in [3.63, 3.8) is 0 Å². The molecule has 0 fully saturated rings. The van der Waals surface area contributed by atoms with Crippen molar-refractivity contribution >= 4 is 0 Å². The van der Waals surface area contributed by atoms with Gasteiger partial charge in [0.15, 0.2) is 0 Å². The molecule has 1 heterocycles. The molecule has 1 atom stereocenters. The van der Waals surface area contributed by atoms with E-state index in [-0.39, 0.29) is 0 Å². The van der Waals surface area contributed by atoms with Gasteiger partial charge >= 0.3 is 0 Å². The van der Waals surface area contributed by atoms with Crippen LogP contribution in [0.25, 0.3) is 0 Å². The smallest absolute Gasteiger partial charge is 0.0624 e. The summed E-state index contributed by atoms with van der Waals surface area (Å²) in [7, 11) is 1.94. The SMILES string of the molecule is CC(CN)CCc1ccn(C)n1. The summed E-state index contributed by atoms with van der Waals surface area (Å²) in [4.78, 5) is 0. The molecule has 0 aliphatic carbocycles. The Morgan fingerprint density at radius 2 is 2.42 bits per heavy atom. The monoisotopic (exact) mass is 167 g/mol. The highest BCUT2D eigenvalue weighted by molar-refractivity contribution is 4.98. The van der Waals surface area contributed by atoms with E-state index in [1.807, 2.05) is 17.9 Å². The summed E-state index contributed by atoms with van der Waals surface area (Å²) in [6.45, 7) is 2.94. The van der Waals surface area contributed by atoms with Gasteiger partial charge in [0.05, 0.1) is 5.69 Å². The molecule has 0 radical (unpaired) electrons. The molecule has 1 aromatic heterocycles. The number of hydrogen-bond donors (Lipinski definition) is 1. The highest BCUT2D eigenvalue weighted by Crippen LogP contribution is 2.05. The highest BCUT2D eigenvalue weighted by Gasteiger charge is 2.01. The van der Waals surface area contributed by atoms with Gasteiger partial charge in [-0.05, 0) is 31.4 Å². The Morgan fingerprint density at radius 1 is 1.67 bits per heavy atom. The largest absolute Gasteiger partial charge is 0.330 e. The quantitative estimate of drug-likeness (QED) is 0.725. The van der Waals surface area contributed by atoms with Crippen molar-refractivity contribution in [2.45, 2.75) is 19.8 Å². The van der Waals surface area contributed by atoms with Crippen molar-refractivity contribution < 1.29 is 0 Å². The van der Waals surface area contributed by atoms with Crippen LogP contribution in [0.1, 0.15) is 19.0 Å². The average Bonchev–Trinajstić information content (AvgIpc) is 2.47. The Bertz CT molecular complexity index is 229. The van der Waals surface area contributed by atoms with E-state index in [0.717, 1.165) is 25.1 Å². The molecule has 0 bridgehead atoms. The lowest BCUT2D eigenvalue weighted by Gasteiger charge is -2.05. The summed E-state index contributed by atoms with van der Waals surface area (Å²) in [6, 6.07) is 2.06. The van der Waals surface area contributed by atoms with E-state index in [4.69, 9.17) is 5.73 Å². The minimum absolute atomic E-state index is 0.604. The second-order valence-electron chi connectivity index (χ2n) is 3.36. The van der Waals surface area contributed by atoms with Crippen LogP contribution in [0.3, 0.4) is 0 Å². The predicted octanol–water partition coefficient (Wildman–Crippen LogP) is 0.948. The number of aromatic nitrogens is 2. The van der Waals surface area contributed by atoms with Crippen LogP contribution in [0.4, 0.5) is 0 Å². The minimum Gasteiger partial charge on any atom is -0.330 e. The van der Waals surface area contributed by atoms with E-state index in [1.54, 1.807) is 0 Å². The third-order valence-corrected chi connectivity index (χ3v) is 2.06. The maximum atomic E-state index is 5.52. The van der Waals surface area contributed by atoms with Gasteiger partial charge in [0.2, 0.25) is 0 Å². The number of rotatable bonds is 4. The van der Waals surface area contributed by atoms with Crippen LogP contribution in [-0.4, -0.2) is 16.3 Å². The molecule has 0 aliphatic heterocycles. The van der Waals surface area contributed by atoms with Crippen LogP contribution in [0.15, 0.2) is 12.3 Å².